The molecule has 4 rings (SSSR count). The van der Waals surface area contributed by atoms with Crippen molar-refractivity contribution < 1.29 is 33.6 Å². The average Bonchev–Trinajstić information content (AvgIpc) is 3.44. The smallest absolute Gasteiger partial charge is 0.307 e. The fourth-order valence-electron chi connectivity index (χ4n) is 4.64. The van der Waals surface area contributed by atoms with Gasteiger partial charge in [0.2, 0.25) is 5.75 Å². The Bertz CT molecular complexity index is 1280. The minimum Gasteiger partial charge on any atom is -0.493 e. The molecule has 0 aromatic heterocycles. The highest BCUT2D eigenvalue weighted by Gasteiger charge is 2.27. The van der Waals surface area contributed by atoms with E-state index in [2.05, 4.69) is 17.0 Å². The van der Waals surface area contributed by atoms with Gasteiger partial charge in [0, 0.05) is 13.1 Å². The molecule has 3 aromatic carbocycles. The van der Waals surface area contributed by atoms with Crippen LogP contribution in [0.25, 0.3) is 12.2 Å². The maximum Gasteiger partial charge on any atom is 0.307 e. The van der Waals surface area contributed by atoms with E-state index in [1.54, 1.807) is 28.4 Å². The van der Waals surface area contributed by atoms with Crippen LogP contribution >= 0.6 is 0 Å². The minimum atomic E-state index is -0.707. The van der Waals surface area contributed by atoms with Crippen LogP contribution in [0.15, 0.2) is 54.6 Å². The second kappa shape index (κ2) is 13.1. The Kier molecular flexibility index (Phi) is 9.33. The Hall–Kier alpha value is -4.17. The van der Waals surface area contributed by atoms with Crippen molar-refractivity contribution >= 4 is 18.1 Å². The molecular formula is C31H35NO7. The summed E-state index contributed by atoms with van der Waals surface area (Å²) in [6.07, 6.45) is 4.66. The number of ether oxygens (including phenoxy) is 5. The lowest BCUT2D eigenvalue weighted by molar-refractivity contribution is -0.141. The van der Waals surface area contributed by atoms with Crippen LogP contribution in [-0.4, -0.2) is 57.5 Å². The van der Waals surface area contributed by atoms with Crippen LogP contribution in [0, 0.1) is 5.92 Å². The van der Waals surface area contributed by atoms with Gasteiger partial charge in [0.1, 0.15) is 6.61 Å². The van der Waals surface area contributed by atoms with Gasteiger partial charge in [-0.25, -0.2) is 0 Å². The molecule has 1 heterocycles. The first-order valence-electron chi connectivity index (χ1n) is 12.8. The lowest BCUT2D eigenvalue weighted by atomic mass is 10.1. The van der Waals surface area contributed by atoms with E-state index in [4.69, 9.17) is 23.7 Å². The molecule has 206 valence electrons. The van der Waals surface area contributed by atoms with Crippen molar-refractivity contribution in [2.45, 2.75) is 19.6 Å². The standard InChI is InChI=1S/C31H35NO7/c1-35-26-12-11-21(5-10-24-16-28(36-2)30(38-4)29(17-24)37-3)15-27(26)39-20-23-8-6-22(7-9-23)18-32-14-13-25(19-32)31(33)34/h5-12,15-17,25H,13-14,18-20H2,1-4H3,(H,33,34)/b10-5-/t25-/m0/s1. The molecule has 0 aliphatic carbocycles. The highest BCUT2D eigenvalue weighted by Crippen LogP contribution is 2.39. The molecule has 0 saturated carbocycles. The van der Waals surface area contributed by atoms with E-state index in [0.29, 0.717) is 48.3 Å². The number of carboxylic acid groups (broad SMARTS) is 1. The van der Waals surface area contributed by atoms with Gasteiger partial charge in [-0.2, -0.15) is 0 Å². The number of hydrogen-bond acceptors (Lipinski definition) is 7. The van der Waals surface area contributed by atoms with Crippen LogP contribution in [0.3, 0.4) is 0 Å². The van der Waals surface area contributed by atoms with Gasteiger partial charge < -0.3 is 28.8 Å². The fourth-order valence-corrected chi connectivity index (χ4v) is 4.64. The van der Waals surface area contributed by atoms with E-state index in [0.717, 1.165) is 35.3 Å². The third kappa shape index (κ3) is 7.03. The highest BCUT2D eigenvalue weighted by molar-refractivity contribution is 5.73. The fraction of sp³-hybridized carbons (Fsp3) is 0.323. The number of likely N-dealkylation sites (tertiary alicyclic amines) is 1. The molecule has 1 N–H and O–H groups in total. The number of nitrogens with zero attached hydrogens (tertiary/aromatic N) is 1. The molecule has 8 nitrogen and oxygen atoms in total. The van der Waals surface area contributed by atoms with Crippen LogP contribution in [0.5, 0.6) is 28.7 Å². The first-order valence-corrected chi connectivity index (χ1v) is 12.8. The van der Waals surface area contributed by atoms with Crippen LogP contribution in [0.1, 0.15) is 28.7 Å². The molecule has 1 atom stereocenters. The minimum absolute atomic E-state index is 0.264. The van der Waals surface area contributed by atoms with E-state index >= 15 is 0 Å². The Balaban J connectivity index is 1.41. The summed E-state index contributed by atoms with van der Waals surface area (Å²) in [7, 11) is 6.39. The van der Waals surface area contributed by atoms with Crippen molar-refractivity contribution in [2.75, 3.05) is 41.5 Å². The van der Waals surface area contributed by atoms with Gasteiger partial charge in [-0.3, -0.25) is 9.69 Å². The van der Waals surface area contributed by atoms with E-state index in [-0.39, 0.29) is 5.92 Å². The van der Waals surface area contributed by atoms with E-state index in [9.17, 15) is 9.90 Å². The number of benzene rings is 3. The second-order valence-electron chi connectivity index (χ2n) is 9.37. The van der Waals surface area contributed by atoms with E-state index in [1.807, 2.05) is 54.6 Å². The highest BCUT2D eigenvalue weighted by atomic mass is 16.5. The molecule has 1 aliphatic heterocycles. The van der Waals surface area contributed by atoms with Gasteiger partial charge >= 0.3 is 5.97 Å². The second-order valence-corrected chi connectivity index (χ2v) is 9.37. The van der Waals surface area contributed by atoms with Crippen LogP contribution in [-0.2, 0) is 17.9 Å². The molecule has 0 bridgehead atoms. The Morgan fingerprint density at radius 2 is 1.44 bits per heavy atom. The van der Waals surface area contributed by atoms with Gasteiger partial charge in [-0.05, 0) is 59.5 Å². The predicted molar refractivity (Wildman–Crippen MR) is 150 cm³/mol. The number of carboxylic acids is 1. The SMILES string of the molecule is COc1ccc(/C=C\c2cc(OC)c(OC)c(OC)c2)cc1OCc1ccc(CN2CC[C@H](C(=O)O)C2)cc1. The number of hydrogen-bond donors (Lipinski definition) is 1. The number of carbonyl (C=O) groups is 1. The molecule has 0 radical (unpaired) electrons. The summed E-state index contributed by atoms with van der Waals surface area (Å²) in [6.45, 7) is 2.55. The monoisotopic (exact) mass is 533 g/mol. The normalized spacial score (nSPS) is 15.3. The lowest BCUT2D eigenvalue weighted by Gasteiger charge is -2.16. The van der Waals surface area contributed by atoms with Gasteiger partial charge in [-0.15, -0.1) is 0 Å². The average molecular weight is 534 g/mol. The van der Waals surface area contributed by atoms with E-state index < -0.39 is 5.97 Å². The molecular weight excluding hydrogens is 498 g/mol. The summed E-state index contributed by atoms with van der Waals surface area (Å²) in [4.78, 5) is 13.4. The topological polar surface area (TPSA) is 86.7 Å². The molecule has 3 aromatic rings. The first kappa shape index (κ1) is 27.9. The van der Waals surface area contributed by atoms with Gasteiger partial charge in [0.05, 0.1) is 34.4 Å². The molecule has 1 aliphatic rings. The number of rotatable bonds is 12. The zero-order valence-electron chi connectivity index (χ0n) is 22.8. The van der Waals surface area contributed by atoms with Crippen molar-refractivity contribution in [3.8, 4) is 28.7 Å². The molecule has 0 spiro atoms. The lowest BCUT2D eigenvalue weighted by Crippen LogP contribution is -2.22. The first-order chi connectivity index (χ1) is 18.9. The molecule has 1 fully saturated rings. The summed E-state index contributed by atoms with van der Waals surface area (Å²) >= 11 is 0. The molecule has 0 amide bonds. The number of methoxy groups -OCH3 is 4. The summed E-state index contributed by atoms with van der Waals surface area (Å²) in [5, 5.41) is 9.21. The maximum atomic E-state index is 11.2. The quantitative estimate of drug-likeness (QED) is 0.311. The third-order valence-electron chi connectivity index (χ3n) is 6.79. The van der Waals surface area contributed by atoms with E-state index in [1.165, 1.54) is 0 Å². The van der Waals surface area contributed by atoms with Crippen LogP contribution < -0.4 is 23.7 Å². The van der Waals surface area contributed by atoms with Gasteiger partial charge in [0.15, 0.2) is 23.0 Å². The Morgan fingerprint density at radius 3 is 2.03 bits per heavy atom. The zero-order valence-corrected chi connectivity index (χ0v) is 22.8. The van der Waals surface area contributed by atoms with Crippen LogP contribution in [0.4, 0.5) is 0 Å². The molecule has 8 heteroatoms. The van der Waals surface area contributed by atoms with Gasteiger partial charge in [0.25, 0.3) is 0 Å². The van der Waals surface area contributed by atoms with Crippen molar-refractivity contribution in [3.63, 3.8) is 0 Å². The van der Waals surface area contributed by atoms with Crippen molar-refractivity contribution in [1.82, 2.24) is 4.90 Å². The zero-order chi connectivity index (χ0) is 27.8. The van der Waals surface area contributed by atoms with Crippen LogP contribution in [0.2, 0.25) is 0 Å². The molecule has 0 unspecified atom stereocenters. The Labute approximate surface area is 229 Å². The van der Waals surface area contributed by atoms with Crippen molar-refractivity contribution in [3.05, 3.63) is 76.9 Å². The van der Waals surface area contributed by atoms with Gasteiger partial charge in [-0.1, -0.05) is 42.5 Å². The van der Waals surface area contributed by atoms with Crippen molar-refractivity contribution in [2.24, 2.45) is 5.92 Å². The summed E-state index contributed by atoms with van der Waals surface area (Å²) < 4.78 is 27.9. The molecule has 1 saturated heterocycles. The molecule has 39 heavy (non-hydrogen) atoms. The number of aliphatic carboxylic acids is 1. The summed E-state index contributed by atoms with van der Waals surface area (Å²) in [6, 6.07) is 17.8. The van der Waals surface area contributed by atoms with Crippen molar-refractivity contribution in [1.29, 1.82) is 0 Å². The maximum absolute atomic E-state index is 11.2. The summed E-state index contributed by atoms with van der Waals surface area (Å²) in [5.74, 6) is 2.05. The summed E-state index contributed by atoms with van der Waals surface area (Å²) in [5.41, 5.74) is 4.03. The Morgan fingerprint density at radius 1 is 0.821 bits per heavy atom. The largest absolute Gasteiger partial charge is 0.493 e. The predicted octanol–water partition coefficient (Wildman–Crippen LogP) is 5.38. The third-order valence-corrected chi connectivity index (χ3v) is 6.79.